The zero-order valence-electron chi connectivity index (χ0n) is 24.0. The van der Waals surface area contributed by atoms with Crippen LogP contribution in [0.3, 0.4) is 0 Å². The molecule has 0 saturated carbocycles. The minimum absolute atomic E-state index is 0.000142. The highest BCUT2D eigenvalue weighted by Crippen LogP contribution is 2.40. The zero-order chi connectivity index (χ0) is 29.2. The van der Waals surface area contributed by atoms with Crippen LogP contribution in [0.15, 0.2) is 60.3 Å². The Morgan fingerprint density at radius 2 is 1.85 bits per heavy atom. The molecule has 1 aliphatic heterocycles. The average molecular weight is 542 g/mol. The Morgan fingerprint density at radius 1 is 1.15 bits per heavy atom. The average Bonchev–Trinajstić information content (AvgIpc) is 2.95. The van der Waals surface area contributed by atoms with Gasteiger partial charge >= 0.3 is 5.97 Å². The van der Waals surface area contributed by atoms with Crippen molar-refractivity contribution in [3.8, 4) is 12.3 Å². The summed E-state index contributed by atoms with van der Waals surface area (Å²) in [5.74, 6) is 2.14. The van der Waals surface area contributed by atoms with Crippen LogP contribution in [0.2, 0.25) is 0 Å². The number of fused-ring (bicyclic) bond motifs is 1. The number of benzene rings is 2. The van der Waals surface area contributed by atoms with E-state index in [9.17, 15) is 14.4 Å². The fraction of sp³-hybridized carbons (Fsp3) is 0.364. The predicted molar refractivity (Wildman–Crippen MR) is 161 cm³/mol. The van der Waals surface area contributed by atoms with Gasteiger partial charge in [0.2, 0.25) is 11.8 Å². The molecule has 0 bridgehead atoms. The second-order valence-electron chi connectivity index (χ2n) is 9.89. The summed E-state index contributed by atoms with van der Waals surface area (Å²) in [5, 5.41) is 6.62. The van der Waals surface area contributed by atoms with E-state index in [1.54, 1.807) is 19.1 Å². The van der Waals surface area contributed by atoms with Crippen LogP contribution in [-0.2, 0) is 14.3 Å². The number of nitrogens with zero attached hydrogens (tertiary/aromatic N) is 1. The monoisotopic (exact) mass is 541 g/mol. The van der Waals surface area contributed by atoms with Gasteiger partial charge in [0.15, 0.2) is 0 Å². The molecule has 2 atom stereocenters. The maximum absolute atomic E-state index is 12.6. The maximum Gasteiger partial charge on any atom is 0.337 e. The van der Waals surface area contributed by atoms with Crippen molar-refractivity contribution < 1.29 is 19.1 Å². The topological polar surface area (TPSA) is 87.7 Å². The Labute approximate surface area is 237 Å². The molecule has 1 heterocycles. The molecule has 2 amide bonds. The van der Waals surface area contributed by atoms with Gasteiger partial charge < -0.3 is 20.3 Å². The van der Waals surface area contributed by atoms with Gasteiger partial charge in [-0.25, -0.2) is 4.79 Å². The number of carbonyl (C=O) groups excluding carboxylic acids is 3. The first-order valence-corrected chi connectivity index (χ1v) is 13.7. The molecular formula is C33H39N3O4. The van der Waals surface area contributed by atoms with E-state index >= 15 is 0 Å². The molecule has 3 rings (SSSR count). The molecule has 2 aromatic carbocycles. The number of amides is 2. The zero-order valence-corrected chi connectivity index (χ0v) is 24.0. The van der Waals surface area contributed by atoms with Crippen molar-refractivity contribution in [3.63, 3.8) is 0 Å². The summed E-state index contributed by atoms with van der Waals surface area (Å²) in [4.78, 5) is 38.7. The van der Waals surface area contributed by atoms with E-state index < -0.39 is 0 Å². The van der Waals surface area contributed by atoms with E-state index in [1.807, 2.05) is 62.1 Å². The second-order valence-corrected chi connectivity index (χ2v) is 9.89. The number of esters is 1. The molecule has 2 aromatic rings. The minimum Gasteiger partial charge on any atom is -0.465 e. The number of unbranched alkanes of at least 4 members (excludes halogenated alkanes) is 1. The predicted octanol–water partition coefficient (Wildman–Crippen LogP) is 6.39. The van der Waals surface area contributed by atoms with E-state index in [2.05, 4.69) is 22.6 Å². The summed E-state index contributed by atoms with van der Waals surface area (Å²) in [7, 11) is 1.36. The number of allylic oxidation sites excluding steroid dienone is 4. The molecule has 1 aliphatic rings. The van der Waals surface area contributed by atoms with Gasteiger partial charge in [0, 0.05) is 42.9 Å². The lowest BCUT2D eigenvalue weighted by Gasteiger charge is -2.40. The number of terminal acetylenes is 1. The van der Waals surface area contributed by atoms with Crippen molar-refractivity contribution in [2.75, 3.05) is 17.3 Å². The van der Waals surface area contributed by atoms with Crippen molar-refractivity contribution in [3.05, 3.63) is 77.0 Å². The minimum atomic E-state index is -0.382. The lowest BCUT2D eigenvalue weighted by Crippen LogP contribution is -2.43. The molecule has 0 aromatic heterocycles. The van der Waals surface area contributed by atoms with E-state index in [1.165, 1.54) is 7.11 Å². The van der Waals surface area contributed by atoms with E-state index in [0.717, 1.165) is 33.8 Å². The van der Waals surface area contributed by atoms with Crippen molar-refractivity contribution in [2.45, 2.75) is 71.9 Å². The summed E-state index contributed by atoms with van der Waals surface area (Å²) in [6.07, 6.45) is 12.3. The molecule has 0 aliphatic carbocycles. The van der Waals surface area contributed by atoms with Gasteiger partial charge in [-0.15, -0.1) is 12.3 Å². The lowest BCUT2D eigenvalue weighted by atomic mass is 9.88. The van der Waals surface area contributed by atoms with E-state index in [4.69, 9.17) is 11.2 Å². The number of carbonyl (C=O) groups is 3. The largest absolute Gasteiger partial charge is 0.465 e. The molecule has 0 spiro atoms. The maximum atomic E-state index is 12.6. The third-order valence-corrected chi connectivity index (χ3v) is 7.05. The molecule has 7 nitrogen and oxygen atoms in total. The standard InChI is InChI=1S/C33H39N3O4/c1-7-10-11-12-32(38)35-27(9-3)20-24(8-2)26-15-18-31-29(21-26)30(19-22(4)36(31)23(5)37)34-28-16-13-25(14-17-28)33(39)40-6/h1,8,13-18,20-22,30,34H,9-12,19H2,2-6H3,(H,35,38)/b24-8+,27-20+/t22-,30+/m0/s1. The summed E-state index contributed by atoms with van der Waals surface area (Å²) in [6, 6.07) is 13.3. The third-order valence-electron chi connectivity index (χ3n) is 7.05. The lowest BCUT2D eigenvalue weighted by molar-refractivity contribution is -0.120. The first kappa shape index (κ1) is 30.2. The molecule has 0 radical (unpaired) electrons. The summed E-state index contributed by atoms with van der Waals surface area (Å²) >= 11 is 0. The summed E-state index contributed by atoms with van der Waals surface area (Å²) in [5.41, 5.74) is 6.01. The van der Waals surface area contributed by atoms with Crippen molar-refractivity contribution in [1.82, 2.24) is 5.32 Å². The Kier molecular flexibility index (Phi) is 10.7. The normalized spacial score (nSPS) is 16.9. The second kappa shape index (κ2) is 14.2. The van der Waals surface area contributed by atoms with Gasteiger partial charge in [-0.1, -0.05) is 19.1 Å². The molecule has 2 N–H and O–H groups in total. The number of ether oxygens (including phenoxy) is 1. The van der Waals surface area contributed by atoms with Crippen LogP contribution in [0, 0.1) is 12.3 Å². The third kappa shape index (κ3) is 7.41. The molecule has 0 fully saturated rings. The molecule has 0 unspecified atom stereocenters. The highest BCUT2D eigenvalue weighted by molar-refractivity contribution is 5.94. The smallest absolute Gasteiger partial charge is 0.337 e. The number of methoxy groups -OCH3 is 1. The van der Waals surface area contributed by atoms with E-state index in [0.29, 0.717) is 37.7 Å². The molecule has 40 heavy (non-hydrogen) atoms. The van der Waals surface area contributed by atoms with Crippen LogP contribution in [0.5, 0.6) is 0 Å². The first-order valence-electron chi connectivity index (χ1n) is 13.7. The van der Waals surface area contributed by atoms with Gasteiger partial charge in [-0.2, -0.15) is 0 Å². The summed E-state index contributed by atoms with van der Waals surface area (Å²) in [6.45, 7) is 7.61. The fourth-order valence-electron chi connectivity index (χ4n) is 5.02. The molecule has 0 saturated heterocycles. The quantitative estimate of drug-likeness (QED) is 0.158. The van der Waals surface area contributed by atoms with Crippen LogP contribution < -0.4 is 15.5 Å². The van der Waals surface area contributed by atoms with Gasteiger partial charge in [0.25, 0.3) is 0 Å². The number of nitrogens with one attached hydrogen (secondary N) is 2. The van der Waals surface area contributed by atoms with Crippen LogP contribution >= 0.6 is 0 Å². The van der Waals surface area contributed by atoms with Crippen LogP contribution in [0.25, 0.3) is 5.57 Å². The first-order chi connectivity index (χ1) is 19.2. The van der Waals surface area contributed by atoms with Gasteiger partial charge in [-0.3, -0.25) is 9.59 Å². The highest BCUT2D eigenvalue weighted by Gasteiger charge is 2.32. The van der Waals surface area contributed by atoms with Gasteiger partial charge in [-0.05, 0) is 92.3 Å². The Bertz CT molecular complexity index is 1330. The number of rotatable bonds is 10. The van der Waals surface area contributed by atoms with Gasteiger partial charge in [0.05, 0.1) is 18.7 Å². The number of hydrogen-bond acceptors (Lipinski definition) is 5. The Hall–Kier alpha value is -4.31. The van der Waals surface area contributed by atoms with Crippen LogP contribution in [0.4, 0.5) is 11.4 Å². The fourth-order valence-corrected chi connectivity index (χ4v) is 5.02. The van der Waals surface area contributed by atoms with E-state index in [-0.39, 0.29) is 29.9 Å². The molecular weight excluding hydrogens is 502 g/mol. The molecule has 210 valence electrons. The number of anilines is 2. The summed E-state index contributed by atoms with van der Waals surface area (Å²) < 4.78 is 4.81. The number of hydrogen-bond donors (Lipinski definition) is 2. The van der Waals surface area contributed by atoms with Gasteiger partial charge in [0.1, 0.15) is 0 Å². The molecule has 7 heteroatoms. The van der Waals surface area contributed by atoms with Crippen molar-refractivity contribution in [2.24, 2.45) is 0 Å². The van der Waals surface area contributed by atoms with Crippen LogP contribution in [-0.4, -0.2) is 30.9 Å². The van der Waals surface area contributed by atoms with Crippen molar-refractivity contribution in [1.29, 1.82) is 0 Å². The SMILES string of the molecule is C#CCCCC(=O)N/C(=C/C(=C\C)c1ccc2c(c1)[C@H](Nc1ccc(C(=O)OC)cc1)C[C@H](C)N2C(C)=O)CC. The Balaban J connectivity index is 1.94. The highest BCUT2D eigenvalue weighted by atomic mass is 16.5. The Morgan fingerprint density at radius 3 is 2.45 bits per heavy atom. The van der Waals surface area contributed by atoms with Crippen LogP contribution in [0.1, 0.15) is 87.3 Å². The van der Waals surface area contributed by atoms with Crippen molar-refractivity contribution >= 4 is 34.7 Å².